The molecule has 0 bridgehead atoms. The summed E-state index contributed by atoms with van der Waals surface area (Å²) in [5, 5.41) is 17.0. The summed E-state index contributed by atoms with van der Waals surface area (Å²) >= 11 is 0. The fourth-order valence-corrected chi connectivity index (χ4v) is 3.99. The molecule has 0 aromatic rings. The van der Waals surface area contributed by atoms with Gasteiger partial charge in [0.1, 0.15) is 0 Å². The van der Waals surface area contributed by atoms with Crippen LogP contribution in [0, 0.1) is 0 Å². The number of aliphatic carboxylic acids is 2. The summed E-state index contributed by atoms with van der Waals surface area (Å²) in [6.07, 6.45) is 36.6. The summed E-state index contributed by atoms with van der Waals surface area (Å²) < 4.78 is 0. The summed E-state index contributed by atoms with van der Waals surface area (Å²) in [5.74, 6) is -1.33. The van der Waals surface area contributed by atoms with E-state index in [2.05, 4.69) is 38.2 Å². The Kier molecular flexibility index (Phi) is 40.5. The van der Waals surface area contributed by atoms with Gasteiger partial charge in [0.05, 0.1) is 0 Å². The van der Waals surface area contributed by atoms with Gasteiger partial charge in [-0.15, -0.1) is 0 Å². The third-order valence-electron chi connectivity index (χ3n) is 6.30. The molecule has 0 saturated carbocycles. The topological polar surface area (TPSA) is 74.6 Å². The normalized spacial score (nSPS) is 10.9. The minimum atomic E-state index is -0.666. The molecule has 37 heavy (non-hydrogen) atoms. The second kappa shape index (κ2) is 37.1. The van der Waals surface area contributed by atoms with Crippen LogP contribution in [0.1, 0.15) is 168 Å². The van der Waals surface area contributed by atoms with Gasteiger partial charge in [-0.05, 0) is 64.2 Å². The van der Waals surface area contributed by atoms with Crippen LogP contribution in [0.4, 0.5) is 0 Å². The fourth-order valence-electron chi connectivity index (χ4n) is 3.99. The number of hydrogen-bond donors (Lipinski definition) is 2. The molecule has 4 nitrogen and oxygen atoms in total. The number of unbranched alkanes of at least 4 members (excludes halogenated alkanes) is 18. The van der Waals surface area contributed by atoms with E-state index >= 15 is 0 Å². The van der Waals surface area contributed by atoms with Crippen molar-refractivity contribution < 1.29 is 36.6 Å². The summed E-state index contributed by atoms with van der Waals surface area (Å²) in [4.78, 5) is 20.6. The number of allylic oxidation sites excluding steroid dienone is 4. The SMILES string of the molecule is CCCCCC/C=C\CCCCCCCC(=O)O.CCCCCC/C=C\CCCCCCCC(=O)O.[Co]. The van der Waals surface area contributed by atoms with Crippen molar-refractivity contribution >= 4 is 11.9 Å². The van der Waals surface area contributed by atoms with Crippen LogP contribution < -0.4 is 0 Å². The molecule has 1 radical (unpaired) electrons. The standard InChI is InChI=1S/2C16H30O2.Co/c2*1-2-3-4-5-6-7-8-9-10-11-12-13-14-15-16(17)18;/h2*7-8H,2-6,9-15H2,1H3,(H,17,18);/b2*8-7-;. The van der Waals surface area contributed by atoms with Crippen molar-refractivity contribution in [1.82, 2.24) is 0 Å². The van der Waals surface area contributed by atoms with E-state index < -0.39 is 11.9 Å². The van der Waals surface area contributed by atoms with Crippen LogP contribution in [-0.4, -0.2) is 22.2 Å². The van der Waals surface area contributed by atoms with Gasteiger partial charge in [0.25, 0.3) is 0 Å². The zero-order valence-electron chi connectivity index (χ0n) is 24.3. The second-order valence-electron chi connectivity index (χ2n) is 10.0. The van der Waals surface area contributed by atoms with Crippen molar-refractivity contribution in [2.24, 2.45) is 0 Å². The number of hydrogen-bond acceptors (Lipinski definition) is 2. The quantitative estimate of drug-likeness (QED) is 0.0805. The van der Waals surface area contributed by atoms with Gasteiger partial charge >= 0.3 is 11.9 Å². The third-order valence-corrected chi connectivity index (χ3v) is 6.30. The predicted molar refractivity (Wildman–Crippen MR) is 156 cm³/mol. The molecule has 221 valence electrons. The minimum absolute atomic E-state index is 0. The maximum absolute atomic E-state index is 10.3. The van der Waals surface area contributed by atoms with Crippen molar-refractivity contribution in [3.63, 3.8) is 0 Å². The van der Waals surface area contributed by atoms with Crippen molar-refractivity contribution in [1.29, 1.82) is 0 Å². The molecule has 0 aliphatic carbocycles. The third kappa shape index (κ3) is 45.3. The Bertz CT molecular complexity index is 471. The van der Waals surface area contributed by atoms with E-state index in [9.17, 15) is 9.59 Å². The second-order valence-corrected chi connectivity index (χ2v) is 10.0. The molecular weight excluding hydrogens is 507 g/mol. The van der Waals surface area contributed by atoms with E-state index in [1.807, 2.05) is 0 Å². The smallest absolute Gasteiger partial charge is 0.303 e. The molecule has 0 aliphatic rings. The van der Waals surface area contributed by atoms with E-state index in [1.165, 1.54) is 116 Å². The van der Waals surface area contributed by atoms with Crippen molar-refractivity contribution in [3.05, 3.63) is 24.3 Å². The van der Waals surface area contributed by atoms with E-state index in [0.717, 1.165) is 25.7 Å². The molecule has 0 heterocycles. The molecule has 0 saturated heterocycles. The van der Waals surface area contributed by atoms with Gasteiger partial charge in [-0.1, -0.05) is 115 Å². The van der Waals surface area contributed by atoms with Gasteiger partial charge in [0.2, 0.25) is 0 Å². The van der Waals surface area contributed by atoms with Crippen molar-refractivity contribution in [2.75, 3.05) is 0 Å². The summed E-state index contributed by atoms with van der Waals surface area (Å²) in [7, 11) is 0. The van der Waals surface area contributed by atoms with Crippen molar-refractivity contribution in [2.45, 2.75) is 168 Å². The molecule has 0 aromatic heterocycles. The first kappa shape index (κ1) is 40.4. The number of rotatable bonds is 26. The van der Waals surface area contributed by atoms with Crippen LogP contribution in [-0.2, 0) is 26.4 Å². The Morgan fingerprint density at radius 3 is 0.946 bits per heavy atom. The van der Waals surface area contributed by atoms with Crippen molar-refractivity contribution in [3.8, 4) is 0 Å². The zero-order valence-corrected chi connectivity index (χ0v) is 25.4. The van der Waals surface area contributed by atoms with Crippen LogP contribution in [0.3, 0.4) is 0 Å². The van der Waals surface area contributed by atoms with Crippen LogP contribution in [0.5, 0.6) is 0 Å². The van der Waals surface area contributed by atoms with E-state index in [4.69, 9.17) is 10.2 Å². The van der Waals surface area contributed by atoms with Gasteiger partial charge in [-0.3, -0.25) is 9.59 Å². The Morgan fingerprint density at radius 1 is 0.432 bits per heavy atom. The molecule has 2 N–H and O–H groups in total. The largest absolute Gasteiger partial charge is 0.481 e. The van der Waals surface area contributed by atoms with Crippen LogP contribution in [0.2, 0.25) is 0 Å². The van der Waals surface area contributed by atoms with Gasteiger partial charge < -0.3 is 10.2 Å². The number of carbonyl (C=O) groups is 2. The molecule has 0 fully saturated rings. The van der Waals surface area contributed by atoms with Gasteiger partial charge in [-0.25, -0.2) is 0 Å². The summed E-state index contributed by atoms with van der Waals surface area (Å²) in [6.45, 7) is 4.48. The first-order chi connectivity index (χ1) is 17.5. The number of carboxylic acid groups (broad SMARTS) is 2. The maximum Gasteiger partial charge on any atom is 0.303 e. The fraction of sp³-hybridized carbons (Fsp3) is 0.812. The van der Waals surface area contributed by atoms with Gasteiger partial charge in [0, 0.05) is 29.6 Å². The van der Waals surface area contributed by atoms with Crippen LogP contribution in [0.25, 0.3) is 0 Å². The van der Waals surface area contributed by atoms with Crippen LogP contribution >= 0.6 is 0 Å². The molecule has 0 rings (SSSR count). The van der Waals surface area contributed by atoms with Crippen LogP contribution in [0.15, 0.2) is 24.3 Å². The monoisotopic (exact) mass is 567 g/mol. The molecule has 0 atom stereocenters. The molecule has 0 aliphatic heterocycles. The van der Waals surface area contributed by atoms with Gasteiger partial charge in [0.15, 0.2) is 0 Å². The average Bonchev–Trinajstić information content (AvgIpc) is 2.85. The summed E-state index contributed by atoms with van der Waals surface area (Å²) in [6, 6.07) is 0. The Balaban J connectivity index is -0.000000608. The Hall–Kier alpha value is -1.07. The average molecular weight is 568 g/mol. The minimum Gasteiger partial charge on any atom is -0.481 e. The maximum atomic E-state index is 10.3. The molecule has 5 heteroatoms. The first-order valence-electron chi connectivity index (χ1n) is 15.3. The van der Waals surface area contributed by atoms with E-state index in [0.29, 0.717) is 12.8 Å². The Labute approximate surface area is 240 Å². The molecule has 0 unspecified atom stereocenters. The summed E-state index contributed by atoms with van der Waals surface area (Å²) in [5.41, 5.74) is 0. The Morgan fingerprint density at radius 2 is 0.676 bits per heavy atom. The van der Waals surface area contributed by atoms with Gasteiger partial charge in [-0.2, -0.15) is 0 Å². The molecule has 0 aromatic carbocycles. The van der Waals surface area contributed by atoms with E-state index in [-0.39, 0.29) is 16.8 Å². The predicted octanol–water partition coefficient (Wildman–Crippen LogP) is 10.7. The van der Waals surface area contributed by atoms with E-state index in [1.54, 1.807) is 0 Å². The first-order valence-corrected chi connectivity index (χ1v) is 15.3. The molecular formula is C32H60CoO4. The molecule has 0 amide bonds. The molecule has 0 spiro atoms. The number of carboxylic acids is 2. The zero-order chi connectivity index (χ0) is 27.0.